The van der Waals surface area contributed by atoms with Crippen LogP contribution in [0.1, 0.15) is 5.56 Å². The van der Waals surface area contributed by atoms with Gasteiger partial charge in [-0.1, -0.05) is 18.2 Å². The molecule has 2 aromatic carbocycles. The molecule has 6 heteroatoms. The second-order valence-electron chi connectivity index (χ2n) is 4.21. The van der Waals surface area contributed by atoms with E-state index in [2.05, 4.69) is 10.1 Å². The highest BCUT2D eigenvalue weighted by molar-refractivity contribution is 5.68. The molecular formula is C15H11F3N2O. The molecule has 0 bridgehead atoms. The van der Waals surface area contributed by atoms with Crippen LogP contribution < -0.4 is 10.1 Å². The van der Waals surface area contributed by atoms with Crippen molar-refractivity contribution in [1.29, 1.82) is 5.26 Å². The number of nitrogens with zero attached hydrogens (tertiary/aromatic N) is 1. The quantitative estimate of drug-likeness (QED) is 0.916. The maximum atomic E-state index is 12.1. The molecule has 0 fully saturated rings. The summed E-state index contributed by atoms with van der Waals surface area (Å²) in [4.78, 5) is 0. The molecule has 2 aromatic rings. The van der Waals surface area contributed by atoms with Gasteiger partial charge >= 0.3 is 6.18 Å². The summed E-state index contributed by atoms with van der Waals surface area (Å²) in [7, 11) is 0. The predicted molar refractivity (Wildman–Crippen MR) is 72.4 cm³/mol. The minimum atomic E-state index is -4.40. The molecule has 0 saturated heterocycles. The van der Waals surface area contributed by atoms with Gasteiger partial charge in [0.1, 0.15) is 11.8 Å². The first-order valence-corrected chi connectivity index (χ1v) is 6.04. The summed E-state index contributed by atoms with van der Waals surface area (Å²) in [5.41, 5.74) is 1.43. The van der Waals surface area contributed by atoms with Crippen LogP contribution in [-0.4, -0.2) is 12.8 Å². The van der Waals surface area contributed by atoms with E-state index >= 15 is 0 Å². The third-order valence-corrected chi connectivity index (χ3v) is 2.57. The number of halogens is 3. The first kappa shape index (κ1) is 14.7. The maximum Gasteiger partial charge on any atom is 0.422 e. The number of nitriles is 1. The summed E-state index contributed by atoms with van der Waals surface area (Å²) in [5.74, 6) is 0.0461. The Bertz CT molecular complexity index is 648. The lowest BCUT2D eigenvalue weighted by Gasteiger charge is -2.12. The van der Waals surface area contributed by atoms with Gasteiger partial charge in [0.2, 0.25) is 0 Å². The van der Waals surface area contributed by atoms with Crippen LogP contribution in [0.25, 0.3) is 0 Å². The Hall–Kier alpha value is -2.68. The number of hydrogen-bond donors (Lipinski definition) is 1. The van der Waals surface area contributed by atoms with Crippen molar-refractivity contribution >= 4 is 11.4 Å². The summed E-state index contributed by atoms with van der Waals surface area (Å²) >= 11 is 0. The maximum absolute atomic E-state index is 12.1. The van der Waals surface area contributed by atoms with Crippen molar-refractivity contribution in [3.05, 3.63) is 54.1 Å². The molecule has 0 atom stereocenters. The largest absolute Gasteiger partial charge is 0.484 e. The van der Waals surface area contributed by atoms with Gasteiger partial charge in [0.25, 0.3) is 0 Å². The molecular weight excluding hydrogens is 281 g/mol. The number of benzene rings is 2. The van der Waals surface area contributed by atoms with Crippen LogP contribution in [0.2, 0.25) is 0 Å². The second-order valence-corrected chi connectivity index (χ2v) is 4.21. The molecule has 0 spiro atoms. The molecule has 0 aliphatic carbocycles. The zero-order chi connectivity index (χ0) is 15.3. The van der Waals surface area contributed by atoms with Crippen molar-refractivity contribution in [2.75, 3.05) is 11.9 Å². The topological polar surface area (TPSA) is 45.0 Å². The number of ether oxygens (including phenoxy) is 1. The van der Waals surface area contributed by atoms with Crippen LogP contribution in [0, 0.1) is 11.3 Å². The van der Waals surface area contributed by atoms with E-state index in [-0.39, 0.29) is 5.75 Å². The van der Waals surface area contributed by atoms with E-state index in [1.807, 2.05) is 12.1 Å². The third-order valence-electron chi connectivity index (χ3n) is 2.57. The molecule has 0 saturated carbocycles. The number of rotatable bonds is 4. The first-order valence-electron chi connectivity index (χ1n) is 6.04. The van der Waals surface area contributed by atoms with Gasteiger partial charge in [-0.05, 0) is 24.3 Å². The smallest absolute Gasteiger partial charge is 0.422 e. The van der Waals surface area contributed by atoms with Gasteiger partial charge < -0.3 is 10.1 Å². The SMILES string of the molecule is N#Cc1ccc(OCC(F)(F)F)cc1Nc1ccccc1. The normalized spacial score (nSPS) is 10.8. The molecule has 21 heavy (non-hydrogen) atoms. The molecule has 0 heterocycles. The van der Waals surface area contributed by atoms with Gasteiger partial charge in [-0.2, -0.15) is 18.4 Å². The minimum Gasteiger partial charge on any atom is -0.484 e. The fraction of sp³-hybridized carbons (Fsp3) is 0.133. The molecule has 0 radical (unpaired) electrons. The Balaban J connectivity index is 2.20. The molecule has 0 unspecified atom stereocenters. The zero-order valence-electron chi connectivity index (χ0n) is 10.8. The highest BCUT2D eigenvalue weighted by Gasteiger charge is 2.28. The highest BCUT2D eigenvalue weighted by Crippen LogP contribution is 2.26. The number of hydrogen-bond acceptors (Lipinski definition) is 3. The van der Waals surface area contributed by atoms with Crippen LogP contribution in [0.5, 0.6) is 5.75 Å². The van der Waals surface area contributed by atoms with Crippen molar-refractivity contribution in [3.63, 3.8) is 0 Å². The molecule has 0 amide bonds. The van der Waals surface area contributed by atoms with E-state index in [0.29, 0.717) is 11.3 Å². The first-order chi connectivity index (χ1) is 9.98. The lowest BCUT2D eigenvalue weighted by Crippen LogP contribution is -2.19. The van der Waals surface area contributed by atoms with E-state index < -0.39 is 12.8 Å². The lowest BCUT2D eigenvalue weighted by molar-refractivity contribution is -0.153. The summed E-state index contributed by atoms with van der Waals surface area (Å²) < 4.78 is 41.1. The Morgan fingerprint density at radius 2 is 1.81 bits per heavy atom. The third kappa shape index (κ3) is 4.42. The number of nitrogens with one attached hydrogen (secondary N) is 1. The predicted octanol–water partition coefficient (Wildman–Crippen LogP) is 4.24. The Kier molecular flexibility index (Phi) is 4.33. The van der Waals surface area contributed by atoms with Crippen molar-refractivity contribution in [3.8, 4) is 11.8 Å². The highest BCUT2D eigenvalue weighted by atomic mass is 19.4. The molecule has 108 valence electrons. The molecule has 3 nitrogen and oxygen atoms in total. The van der Waals surface area contributed by atoms with Gasteiger partial charge in [0.15, 0.2) is 6.61 Å². The van der Waals surface area contributed by atoms with Gasteiger partial charge in [-0.25, -0.2) is 0 Å². The van der Waals surface area contributed by atoms with Gasteiger partial charge in [0, 0.05) is 11.8 Å². The van der Waals surface area contributed by atoms with Crippen molar-refractivity contribution < 1.29 is 17.9 Å². The Morgan fingerprint density at radius 3 is 2.43 bits per heavy atom. The monoisotopic (exact) mass is 292 g/mol. The number of anilines is 2. The van der Waals surface area contributed by atoms with E-state index in [1.54, 1.807) is 24.3 Å². The van der Waals surface area contributed by atoms with Crippen LogP contribution in [0.15, 0.2) is 48.5 Å². The van der Waals surface area contributed by atoms with Crippen molar-refractivity contribution in [2.45, 2.75) is 6.18 Å². The van der Waals surface area contributed by atoms with Gasteiger partial charge in [0.05, 0.1) is 11.3 Å². The van der Waals surface area contributed by atoms with E-state index in [1.165, 1.54) is 18.2 Å². The van der Waals surface area contributed by atoms with Crippen LogP contribution >= 0.6 is 0 Å². The van der Waals surface area contributed by atoms with Crippen LogP contribution in [0.4, 0.5) is 24.5 Å². The second kappa shape index (κ2) is 6.18. The fourth-order valence-corrected chi connectivity index (χ4v) is 1.66. The van der Waals surface area contributed by atoms with Crippen LogP contribution in [-0.2, 0) is 0 Å². The summed E-state index contributed by atoms with van der Waals surface area (Å²) in [6.45, 7) is -1.37. The van der Waals surface area contributed by atoms with E-state index in [0.717, 1.165) is 5.69 Å². The van der Waals surface area contributed by atoms with Gasteiger partial charge in [-0.15, -0.1) is 0 Å². The fourth-order valence-electron chi connectivity index (χ4n) is 1.66. The average molecular weight is 292 g/mol. The Labute approximate surface area is 119 Å². The number of para-hydroxylation sites is 1. The molecule has 1 N–H and O–H groups in total. The molecule has 2 rings (SSSR count). The molecule has 0 aliphatic heterocycles. The van der Waals surface area contributed by atoms with Crippen molar-refractivity contribution in [1.82, 2.24) is 0 Å². The molecule has 0 aromatic heterocycles. The van der Waals surface area contributed by atoms with Crippen molar-refractivity contribution in [2.24, 2.45) is 0 Å². The average Bonchev–Trinajstić information content (AvgIpc) is 2.46. The summed E-state index contributed by atoms with van der Waals surface area (Å²) in [5, 5.41) is 12.0. The summed E-state index contributed by atoms with van der Waals surface area (Å²) in [6, 6.07) is 15.1. The Morgan fingerprint density at radius 1 is 1.10 bits per heavy atom. The van der Waals surface area contributed by atoms with E-state index in [9.17, 15) is 13.2 Å². The lowest BCUT2D eigenvalue weighted by atomic mass is 10.1. The minimum absolute atomic E-state index is 0.0461. The summed E-state index contributed by atoms with van der Waals surface area (Å²) in [6.07, 6.45) is -4.40. The number of alkyl halides is 3. The zero-order valence-corrected chi connectivity index (χ0v) is 10.8. The van der Waals surface area contributed by atoms with Crippen LogP contribution in [0.3, 0.4) is 0 Å². The van der Waals surface area contributed by atoms with E-state index in [4.69, 9.17) is 5.26 Å². The standard InChI is InChI=1S/C15H11F3N2O/c16-15(17,18)10-21-13-7-6-11(9-19)14(8-13)20-12-4-2-1-3-5-12/h1-8,20H,10H2. The molecule has 0 aliphatic rings. The van der Waals surface area contributed by atoms with Gasteiger partial charge in [-0.3, -0.25) is 0 Å².